The molecular formula is C14H19NO2. The first kappa shape index (κ1) is 12.0. The minimum Gasteiger partial charge on any atom is -0.469 e. The van der Waals surface area contributed by atoms with Gasteiger partial charge in [0.15, 0.2) is 0 Å². The van der Waals surface area contributed by atoms with Gasteiger partial charge in [-0.3, -0.25) is 4.79 Å². The van der Waals surface area contributed by atoms with E-state index in [-0.39, 0.29) is 11.9 Å². The molecule has 0 radical (unpaired) electrons. The van der Waals surface area contributed by atoms with E-state index < -0.39 is 0 Å². The maximum Gasteiger partial charge on any atom is 0.308 e. The molecule has 2 unspecified atom stereocenters. The van der Waals surface area contributed by atoms with Gasteiger partial charge in [0, 0.05) is 5.69 Å². The van der Waals surface area contributed by atoms with E-state index in [2.05, 4.69) is 6.07 Å². The number of carbonyl (C=O) groups is 1. The molecule has 1 aliphatic carbocycles. The van der Waals surface area contributed by atoms with E-state index in [0.717, 1.165) is 24.9 Å². The van der Waals surface area contributed by atoms with Gasteiger partial charge >= 0.3 is 5.97 Å². The number of ether oxygens (including phenoxy) is 1. The molecule has 1 aromatic rings. The van der Waals surface area contributed by atoms with E-state index in [0.29, 0.717) is 5.92 Å². The number of fused-ring (bicyclic) bond motifs is 1. The van der Waals surface area contributed by atoms with E-state index in [9.17, 15) is 4.79 Å². The first-order valence-electron chi connectivity index (χ1n) is 6.07. The topological polar surface area (TPSA) is 52.3 Å². The number of hydrogen-bond acceptors (Lipinski definition) is 3. The molecule has 0 aliphatic heterocycles. The molecule has 92 valence electrons. The molecule has 0 bridgehead atoms. The fourth-order valence-electron chi connectivity index (χ4n) is 2.65. The zero-order valence-corrected chi connectivity index (χ0v) is 10.4. The van der Waals surface area contributed by atoms with Gasteiger partial charge in [-0.15, -0.1) is 0 Å². The lowest BCUT2D eigenvalue weighted by atomic mass is 9.77. The van der Waals surface area contributed by atoms with Crippen LogP contribution in [0.5, 0.6) is 0 Å². The Balaban J connectivity index is 2.18. The molecule has 0 amide bonds. The van der Waals surface area contributed by atoms with Crippen molar-refractivity contribution < 1.29 is 9.53 Å². The van der Waals surface area contributed by atoms with E-state index >= 15 is 0 Å². The molecular weight excluding hydrogens is 214 g/mol. The lowest BCUT2D eigenvalue weighted by molar-refractivity contribution is -0.146. The van der Waals surface area contributed by atoms with E-state index in [1.807, 2.05) is 19.1 Å². The van der Waals surface area contributed by atoms with Crippen molar-refractivity contribution in [3.8, 4) is 0 Å². The molecule has 2 atom stereocenters. The van der Waals surface area contributed by atoms with Crippen LogP contribution in [0.25, 0.3) is 0 Å². The number of hydrogen-bond donors (Lipinski definition) is 1. The van der Waals surface area contributed by atoms with Crippen molar-refractivity contribution in [1.82, 2.24) is 0 Å². The number of carbonyl (C=O) groups excluding carboxylic acids is 1. The van der Waals surface area contributed by atoms with E-state index in [1.165, 1.54) is 18.2 Å². The van der Waals surface area contributed by atoms with Gasteiger partial charge in [0.05, 0.1) is 13.0 Å². The fourth-order valence-corrected chi connectivity index (χ4v) is 2.65. The van der Waals surface area contributed by atoms with Crippen LogP contribution in [-0.2, 0) is 22.4 Å². The lowest BCUT2D eigenvalue weighted by Crippen LogP contribution is -2.27. The quantitative estimate of drug-likeness (QED) is 0.629. The summed E-state index contributed by atoms with van der Waals surface area (Å²) in [6.07, 6.45) is 2.93. The average molecular weight is 233 g/mol. The molecule has 0 saturated carbocycles. The van der Waals surface area contributed by atoms with Crippen LogP contribution < -0.4 is 5.73 Å². The number of nitrogens with two attached hydrogens (primary N) is 1. The number of esters is 1. The third kappa shape index (κ3) is 2.28. The number of aryl methyl sites for hydroxylation is 1. The summed E-state index contributed by atoms with van der Waals surface area (Å²) >= 11 is 0. The van der Waals surface area contributed by atoms with Crippen molar-refractivity contribution in [2.75, 3.05) is 12.8 Å². The molecule has 1 aromatic carbocycles. The predicted octanol–water partition coefficient (Wildman–Crippen LogP) is 2.18. The van der Waals surface area contributed by atoms with E-state index in [1.54, 1.807) is 0 Å². The second kappa shape index (κ2) is 4.78. The van der Waals surface area contributed by atoms with Gasteiger partial charge in [0.25, 0.3) is 0 Å². The van der Waals surface area contributed by atoms with Gasteiger partial charge in [0.1, 0.15) is 0 Å². The van der Waals surface area contributed by atoms with Crippen LogP contribution in [-0.4, -0.2) is 13.1 Å². The molecule has 1 aliphatic rings. The van der Waals surface area contributed by atoms with Gasteiger partial charge in [0.2, 0.25) is 0 Å². The summed E-state index contributed by atoms with van der Waals surface area (Å²) in [5.74, 6) is 0.181. The number of nitrogen functional groups attached to an aromatic ring is 1. The highest BCUT2D eigenvalue weighted by Gasteiger charge is 2.29. The zero-order chi connectivity index (χ0) is 12.4. The van der Waals surface area contributed by atoms with Crippen LogP contribution >= 0.6 is 0 Å². The summed E-state index contributed by atoms with van der Waals surface area (Å²) in [6.45, 7) is 1.95. The Kier molecular flexibility index (Phi) is 3.36. The summed E-state index contributed by atoms with van der Waals surface area (Å²) in [6, 6.07) is 6.06. The molecule has 2 rings (SSSR count). The molecule has 3 heteroatoms. The monoisotopic (exact) mass is 233 g/mol. The standard InChI is InChI=1S/C14H19NO2/c1-9(14(16)17-2)11-7-6-10-4-3-5-13(15)12(10)8-11/h3-5,9,11H,6-8,15H2,1-2H3. The van der Waals surface area contributed by atoms with Crippen molar-refractivity contribution >= 4 is 11.7 Å². The molecule has 3 nitrogen and oxygen atoms in total. The van der Waals surface area contributed by atoms with Crippen LogP contribution in [0.2, 0.25) is 0 Å². The Bertz CT molecular complexity index is 428. The van der Waals surface area contributed by atoms with Crippen molar-refractivity contribution in [2.45, 2.75) is 26.2 Å². The smallest absolute Gasteiger partial charge is 0.308 e. The second-order valence-electron chi connectivity index (χ2n) is 4.80. The number of anilines is 1. The number of methoxy groups -OCH3 is 1. The molecule has 0 fully saturated rings. The molecule has 0 aromatic heterocycles. The van der Waals surface area contributed by atoms with Gasteiger partial charge < -0.3 is 10.5 Å². The minimum atomic E-state index is -0.118. The van der Waals surface area contributed by atoms with Crippen LogP contribution in [0.3, 0.4) is 0 Å². The first-order chi connectivity index (χ1) is 8.13. The first-order valence-corrected chi connectivity index (χ1v) is 6.07. The summed E-state index contributed by atoms with van der Waals surface area (Å²) < 4.78 is 4.81. The molecule has 0 spiro atoms. The summed E-state index contributed by atoms with van der Waals surface area (Å²) in [5, 5.41) is 0. The highest BCUT2D eigenvalue weighted by atomic mass is 16.5. The van der Waals surface area contributed by atoms with Gasteiger partial charge in [-0.1, -0.05) is 19.1 Å². The second-order valence-corrected chi connectivity index (χ2v) is 4.80. The van der Waals surface area contributed by atoms with Gasteiger partial charge in [-0.25, -0.2) is 0 Å². The van der Waals surface area contributed by atoms with Crippen LogP contribution in [0.4, 0.5) is 5.69 Å². The maximum absolute atomic E-state index is 11.6. The van der Waals surface area contributed by atoms with E-state index in [4.69, 9.17) is 10.5 Å². The minimum absolute atomic E-state index is 0.0484. The Morgan fingerprint density at radius 1 is 1.53 bits per heavy atom. The summed E-state index contributed by atoms with van der Waals surface area (Å²) in [7, 11) is 1.45. The molecule has 0 heterocycles. The fraction of sp³-hybridized carbons (Fsp3) is 0.500. The highest BCUT2D eigenvalue weighted by molar-refractivity contribution is 5.72. The largest absolute Gasteiger partial charge is 0.469 e. The third-order valence-corrected chi connectivity index (χ3v) is 3.84. The number of rotatable bonds is 2. The van der Waals surface area contributed by atoms with Crippen molar-refractivity contribution in [1.29, 1.82) is 0 Å². The summed E-state index contributed by atoms with van der Waals surface area (Å²) in [5.41, 5.74) is 9.40. The third-order valence-electron chi connectivity index (χ3n) is 3.84. The van der Waals surface area contributed by atoms with Crippen LogP contribution in [0, 0.1) is 11.8 Å². The normalized spacial score (nSPS) is 20.5. The van der Waals surface area contributed by atoms with Crippen LogP contribution in [0.15, 0.2) is 18.2 Å². The average Bonchev–Trinajstić information content (AvgIpc) is 2.37. The highest BCUT2D eigenvalue weighted by Crippen LogP contribution is 2.33. The Hall–Kier alpha value is -1.51. The number of benzene rings is 1. The van der Waals surface area contributed by atoms with Gasteiger partial charge in [-0.05, 0) is 42.4 Å². The molecule has 2 N–H and O–H groups in total. The van der Waals surface area contributed by atoms with Crippen molar-refractivity contribution in [3.63, 3.8) is 0 Å². The summed E-state index contributed by atoms with van der Waals surface area (Å²) in [4.78, 5) is 11.6. The van der Waals surface area contributed by atoms with Crippen molar-refractivity contribution in [2.24, 2.45) is 11.8 Å². The molecule has 17 heavy (non-hydrogen) atoms. The van der Waals surface area contributed by atoms with Gasteiger partial charge in [-0.2, -0.15) is 0 Å². The van der Waals surface area contributed by atoms with Crippen LogP contribution in [0.1, 0.15) is 24.5 Å². The Morgan fingerprint density at radius 2 is 2.29 bits per heavy atom. The maximum atomic E-state index is 11.6. The zero-order valence-electron chi connectivity index (χ0n) is 10.4. The SMILES string of the molecule is COC(=O)C(C)C1CCc2cccc(N)c2C1. The Labute approximate surface area is 102 Å². The lowest BCUT2D eigenvalue weighted by Gasteiger charge is -2.28. The molecule has 0 saturated heterocycles. The predicted molar refractivity (Wildman–Crippen MR) is 67.5 cm³/mol. The van der Waals surface area contributed by atoms with Crippen molar-refractivity contribution in [3.05, 3.63) is 29.3 Å². The Morgan fingerprint density at radius 3 is 3.00 bits per heavy atom.